The average molecular weight is 467 g/mol. The van der Waals surface area contributed by atoms with E-state index < -0.39 is 0 Å². The SMILES string of the molecule is CC(NC(=O)COc1ccccc1C(=O)NCc1ccccc1)c1ccc(Br)cc1. The van der Waals surface area contributed by atoms with Crippen molar-refractivity contribution in [3.8, 4) is 5.75 Å². The molecular formula is C24H23BrN2O3. The molecule has 0 saturated carbocycles. The molecule has 154 valence electrons. The predicted octanol–water partition coefficient (Wildman–Crippen LogP) is 4.64. The molecule has 1 atom stereocenters. The minimum atomic E-state index is -0.259. The second-order valence-electron chi connectivity index (χ2n) is 6.79. The number of hydrogen-bond donors (Lipinski definition) is 2. The Labute approximate surface area is 184 Å². The number of amides is 2. The Morgan fingerprint density at radius 3 is 2.33 bits per heavy atom. The number of carbonyl (C=O) groups is 2. The molecule has 2 amide bonds. The Balaban J connectivity index is 1.55. The number of rotatable bonds is 8. The minimum Gasteiger partial charge on any atom is -0.483 e. The number of hydrogen-bond acceptors (Lipinski definition) is 3. The van der Waals surface area contributed by atoms with Crippen molar-refractivity contribution >= 4 is 27.7 Å². The molecule has 2 N–H and O–H groups in total. The molecule has 0 heterocycles. The molecule has 0 saturated heterocycles. The van der Waals surface area contributed by atoms with Crippen LogP contribution < -0.4 is 15.4 Å². The van der Waals surface area contributed by atoms with E-state index in [1.165, 1.54) is 0 Å². The summed E-state index contributed by atoms with van der Waals surface area (Å²) in [6.45, 7) is 2.15. The zero-order valence-corrected chi connectivity index (χ0v) is 18.2. The third kappa shape index (κ3) is 6.19. The highest BCUT2D eigenvalue weighted by Crippen LogP contribution is 2.19. The lowest BCUT2D eigenvalue weighted by Crippen LogP contribution is -2.31. The molecule has 3 aromatic carbocycles. The third-order valence-electron chi connectivity index (χ3n) is 4.53. The monoisotopic (exact) mass is 466 g/mol. The second kappa shape index (κ2) is 10.6. The van der Waals surface area contributed by atoms with Gasteiger partial charge in [-0.2, -0.15) is 0 Å². The minimum absolute atomic E-state index is 0.154. The molecule has 0 aliphatic rings. The van der Waals surface area contributed by atoms with Crippen molar-refractivity contribution in [1.82, 2.24) is 10.6 Å². The van der Waals surface area contributed by atoms with Crippen molar-refractivity contribution in [2.75, 3.05) is 6.61 Å². The summed E-state index contributed by atoms with van der Waals surface area (Å²) in [6, 6.07) is 24.2. The van der Waals surface area contributed by atoms with Crippen molar-refractivity contribution in [2.45, 2.75) is 19.5 Å². The molecule has 5 nitrogen and oxygen atoms in total. The first kappa shape index (κ1) is 21.6. The summed E-state index contributed by atoms with van der Waals surface area (Å²) in [4.78, 5) is 24.9. The predicted molar refractivity (Wildman–Crippen MR) is 120 cm³/mol. The quantitative estimate of drug-likeness (QED) is 0.508. The van der Waals surface area contributed by atoms with Crippen LogP contribution in [0.1, 0.15) is 34.5 Å². The van der Waals surface area contributed by atoms with Gasteiger partial charge in [-0.05, 0) is 42.3 Å². The summed E-state index contributed by atoms with van der Waals surface area (Å²) in [5, 5.41) is 5.78. The lowest BCUT2D eigenvalue weighted by molar-refractivity contribution is -0.123. The van der Waals surface area contributed by atoms with Crippen molar-refractivity contribution in [1.29, 1.82) is 0 Å². The van der Waals surface area contributed by atoms with Crippen molar-refractivity contribution in [3.63, 3.8) is 0 Å². The molecule has 0 radical (unpaired) electrons. The second-order valence-corrected chi connectivity index (χ2v) is 7.71. The Bertz CT molecular complexity index is 991. The topological polar surface area (TPSA) is 67.4 Å². The first-order valence-electron chi connectivity index (χ1n) is 9.61. The van der Waals surface area contributed by atoms with Gasteiger partial charge in [-0.25, -0.2) is 0 Å². The van der Waals surface area contributed by atoms with Gasteiger partial charge in [-0.1, -0.05) is 70.5 Å². The third-order valence-corrected chi connectivity index (χ3v) is 5.06. The largest absolute Gasteiger partial charge is 0.483 e. The van der Waals surface area contributed by atoms with E-state index in [1.807, 2.05) is 61.5 Å². The van der Waals surface area contributed by atoms with Gasteiger partial charge in [-0.3, -0.25) is 9.59 Å². The van der Waals surface area contributed by atoms with Crippen LogP contribution in [0.3, 0.4) is 0 Å². The van der Waals surface area contributed by atoms with E-state index in [9.17, 15) is 9.59 Å². The average Bonchev–Trinajstić information content (AvgIpc) is 2.77. The molecular weight excluding hydrogens is 444 g/mol. The van der Waals surface area contributed by atoms with E-state index in [2.05, 4.69) is 26.6 Å². The van der Waals surface area contributed by atoms with Crippen molar-refractivity contribution in [3.05, 3.63) is 100 Å². The van der Waals surface area contributed by atoms with Gasteiger partial charge in [0, 0.05) is 11.0 Å². The van der Waals surface area contributed by atoms with Gasteiger partial charge in [-0.15, -0.1) is 0 Å². The highest BCUT2D eigenvalue weighted by molar-refractivity contribution is 9.10. The highest BCUT2D eigenvalue weighted by Gasteiger charge is 2.14. The first-order chi connectivity index (χ1) is 14.5. The molecule has 3 rings (SSSR count). The van der Waals surface area contributed by atoms with Crippen LogP contribution in [0.2, 0.25) is 0 Å². The van der Waals surface area contributed by atoms with Crippen LogP contribution in [0, 0.1) is 0 Å². The fraction of sp³-hybridized carbons (Fsp3) is 0.167. The summed E-state index contributed by atoms with van der Waals surface area (Å²) in [5.41, 5.74) is 2.39. The molecule has 0 spiro atoms. The molecule has 0 aromatic heterocycles. The molecule has 6 heteroatoms. The number of benzene rings is 3. The van der Waals surface area contributed by atoms with E-state index in [-0.39, 0.29) is 24.5 Å². The van der Waals surface area contributed by atoms with Crippen LogP contribution in [0.25, 0.3) is 0 Å². The zero-order valence-electron chi connectivity index (χ0n) is 16.6. The summed E-state index contributed by atoms with van der Waals surface area (Å²) >= 11 is 3.40. The Kier molecular flexibility index (Phi) is 7.63. The smallest absolute Gasteiger partial charge is 0.258 e. The molecule has 0 aliphatic heterocycles. The summed E-state index contributed by atoms with van der Waals surface area (Å²) in [7, 11) is 0. The van der Waals surface area contributed by atoms with Crippen LogP contribution in [-0.2, 0) is 11.3 Å². The maximum atomic E-state index is 12.6. The number of ether oxygens (including phenoxy) is 1. The molecule has 0 aliphatic carbocycles. The Morgan fingerprint density at radius 2 is 1.60 bits per heavy atom. The van der Waals surface area contributed by atoms with Gasteiger partial charge in [0.15, 0.2) is 6.61 Å². The van der Waals surface area contributed by atoms with Gasteiger partial charge in [0.05, 0.1) is 11.6 Å². The fourth-order valence-electron chi connectivity index (χ4n) is 2.91. The van der Waals surface area contributed by atoms with Gasteiger partial charge >= 0.3 is 0 Å². The molecule has 1 unspecified atom stereocenters. The number of halogens is 1. The maximum absolute atomic E-state index is 12.6. The van der Waals surface area contributed by atoms with Crippen LogP contribution in [-0.4, -0.2) is 18.4 Å². The Morgan fingerprint density at radius 1 is 0.933 bits per heavy atom. The normalized spacial score (nSPS) is 11.4. The van der Waals surface area contributed by atoms with Gasteiger partial charge in [0.25, 0.3) is 11.8 Å². The molecule has 30 heavy (non-hydrogen) atoms. The Hall–Kier alpha value is -3.12. The van der Waals surface area contributed by atoms with E-state index in [0.717, 1.165) is 15.6 Å². The van der Waals surface area contributed by atoms with E-state index in [1.54, 1.807) is 24.3 Å². The van der Waals surface area contributed by atoms with Gasteiger partial charge < -0.3 is 15.4 Å². The number of carbonyl (C=O) groups excluding carboxylic acids is 2. The zero-order chi connectivity index (χ0) is 21.3. The van der Waals surface area contributed by atoms with Crippen LogP contribution in [0.5, 0.6) is 5.75 Å². The molecule has 0 fully saturated rings. The first-order valence-corrected chi connectivity index (χ1v) is 10.4. The summed E-state index contributed by atoms with van der Waals surface area (Å²) in [6.07, 6.45) is 0. The standard InChI is InChI=1S/C24H23BrN2O3/c1-17(19-11-13-20(25)14-12-19)27-23(28)16-30-22-10-6-5-9-21(22)24(29)26-15-18-7-3-2-4-8-18/h2-14,17H,15-16H2,1H3,(H,26,29)(H,27,28). The van der Waals surface area contributed by atoms with Crippen LogP contribution >= 0.6 is 15.9 Å². The van der Waals surface area contributed by atoms with Crippen LogP contribution in [0.4, 0.5) is 0 Å². The van der Waals surface area contributed by atoms with Crippen molar-refractivity contribution in [2.24, 2.45) is 0 Å². The number of nitrogens with one attached hydrogen (secondary N) is 2. The maximum Gasteiger partial charge on any atom is 0.258 e. The van der Waals surface area contributed by atoms with E-state index >= 15 is 0 Å². The summed E-state index contributed by atoms with van der Waals surface area (Å²) < 4.78 is 6.63. The number of para-hydroxylation sites is 1. The fourth-order valence-corrected chi connectivity index (χ4v) is 3.18. The van der Waals surface area contributed by atoms with E-state index in [0.29, 0.717) is 17.9 Å². The highest BCUT2D eigenvalue weighted by atomic mass is 79.9. The van der Waals surface area contributed by atoms with Crippen LogP contribution in [0.15, 0.2) is 83.3 Å². The van der Waals surface area contributed by atoms with Gasteiger partial charge in [0.1, 0.15) is 5.75 Å². The van der Waals surface area contributed by atoms with Gasteiger partial charge in [0.2, 0.25) is 0 Å². The lowest BCUT2D eigenvalue weighted by Gasteiger charge is -2.16. The van der Waals surface area contributed by atoms with E-state index in [4.69, 9.17) is 4.74 Å². The molecule has 0 bridgehead atoms. The summed E-state index contributed by atoms with van der Waals surface area (Å²) in [5.74, 6) is -0.141. The molecule has 3 aromatic rings. The van der Waals surface area contributed by atoms with Crippen molar-refractivity contribution < 1.29 is 14.3 Å². The lowest BCUT2D eigenvalue weighted by atomic mass is 10.1.